The second-order valence-electron chi connectivity index (χ2n) is 8.94. The summed E-state index contributed by atoms with van der Waals surface area (Å²) in [6, 6.07) is 23.2. The Morgan fingerprint density at radius 2 is 1.65 bits per heavy atom. The Labute approximate surface area is 237 Å². The molecule has 0 aliphatic heterocycles. The molecule has 190 valence electrons. The maximum Gasteiger partial charge on any atom is 1.00 e. The quantitative estimate of drug-likeness (QED) is 0.253. The molecule has 7 heteroatoms. The van der Waals surface area contributed by atoms with Crippen LogP contribution in [0.25, 0.3) is 11.1 Å². The van der Waals surface area contributed by atoms with Crippen LogP contribution in [0.15, 0.2) is 72.8 Å². The molecule has 3 aromatic carbocycles. The van der Waals surface area contributed by atoms with E-state index in [2.05, 4.69) is 34.9 Å². The van der Waals surface area contributed by atoms with Gasteiger partial charge in [-0.3, -0.25) is 4.79 Å². The van der Waals surface area contributed by atoms with Gasteiger partial charge in [0, 0.05) is 12.1 Å². The van der Waals surface area contributed by atoms with E-state index in [-0.39, 0.29) is 18.9 Å². The number of carbonyl (C=O) groups excluding carboxylic acids is 2. The first kappa shape index (κ1) is 30.7. The predicted octanol–water partition coefficient (Wildman–Crippen LogP) is 1.38. The normalized spacial score (nSPS) is 11.4. The molecule has 2 N–H and O–H groups in total. The molecule has 0 aromatic heterocycles. The van der Waals surface area contributed by atoms with E-state index < -0.39 is 17.9 Å². The average Bonchev–Trinajstić information content (AvgIpc) is 2.89. The molecule has 0 bridgehead atoms. The van der Waals surface area contributed by atoms with Gasteiger partial charge in [0.15, 0.2) is 0 Å². The third-order valence-electron chi connectivity index (χ3n) is 6.21. The van der Waals surface area contributed by atoms with Crippen molar-refractivity contribution in [2.75, 3.05) is 18.6 Å². The van der Waals surface area contributed by atoms with Crippen LogP contribution in [0.2, 0.25) is 0 Å². The second kappa shape index (κ2) is 16.4. The van der Waals surface area contributed by atoms with E-state index in [1.54, 1.807) is 6.07 Å². The molecular weight excluding hydrogens is 475 g/mol. The summed E-state index contributed by atoms with van der Waals surface area (Å²) in [5.41, 5.74) is 5.72. The first-order chi connectivity index (χ1) is 17.5. The molecule has 0 radical (unpaired) electrons. The number of aliphatic carboxylic acids is 1. The maximum absolute atomic E-state index is 13.2. The van der Waals surface area contributed by atoms with Crippen LogP contribution in [0.5, 0.6) is 0 Å². The Bertz CT molecular complexity index is 1140. The summed E-state index contributed by atoms with van der Waals surface area (Å²) in [7, 11) is 0. The van der Waals surface area contributed by atoms with Crippen LogP contribution in [-0.2, 0) is 17.8 Å². The van der Waals surface area contributed by atoms with Crippen LogP contribution in [-0.4, -0.2) is 36.5 Å². The minimum Gasteiger partial charge on any atom is -0.548 e. The van der Waals surface area contributed by atoms with Gasteiger partial charge in [-0.05, 0) is 91.1 Å². The molecule has 37 heavy (non-hydrogen) atoms. The van der Waals surface area contributed by atoms with Gasteiger partial charge >= 0.3 is 18.9 Å². The van der Waals surface area contributed by atoms with Crippen molar-refractivity contribution in [1.29, 1.82) is 0 Å². The SMILES string of the molecule is CSCC[C@H](NC(=O)c1ccc(CNCCCCc2ccccc2)cc1-c1ccccc1C)C(=O)[O-].[Li+]. The predicted molar refractivity (Wildman–Crippen MR) is 147 cm³/mol. The Kier molecular flexibility index (Phi) is 13.6. The zero-order chi connectivity index (χ0) is 25.8. The molecule has 3 aromatic rings. The topological polar surface area (TPSA) is 81.3 Å². The number of hydrogen-bond acceptors (Lipinski definition) is 5. The number of aryl methyl sites for hydroxylation is 2. The fourth-order valence-corrected chi connectivity index (χ4v) is 4.65. The molecular formula is C30H35LiN2O3S. The van der Waals surface area contributed by atoms with Crippen molar-refractivity contribution in [3.8, 4) is 11.1 Å². The van der Waals surface area contributed by atoms with Gasteiger partial charge in [-0.25, -0.2) is 0 Å². The Morgan fingerprint density at radius 3 is 2.35 bits per heavy atom. The summed E-state index contributed by atoms with van der Waals surface area (Å²) in [6.45, 7) is 3.62. The number of hydrogen-bond donors (Lipinski definition) is 2. The van der Waals surface area contributed by atoms with Crippen molar-refractivity contribution < 1.29 is 33.6 Å². The molecule has 1 atom stereocenters. The van der Waals surface area contributed by atoms with Gasteiger partial charge in [-0.1, -0.05) is 60.7 Å². The Hall–Kier alpha value is -2.49. The largest absolute Gasteiger partial charge is 1.00 e. The fourth-order valence-electron chi connectivity index (χ4n) is 4.17. The van der Waals surface area contributed by atoms with Crippen LogP contribution in [0.1, 0.15) is 46.3 Å². The standard InChI is InChI=1S/C30H36N2O3S.Li/c1-22-10-6-7-14-25(22)27-20-24(21-31-18-9-8-13-23-11-4-3-5-12-23)15-16-26(27)29(33)32-28(30(34)35)17-19-36-2;/h3-7,10-12,14-16,20,28,31H,8-9,13,17-19,21H2,1-2H3,(H,32,33)(H,34,35);/q;+1/p-1/t28-;/m0./s1. The zero-order valence-electron chi connectivity index (χ0n) is 22.1. The smallest absolute Gasteiger partial charge is 0.548 e. The average molecular weight is 511 g/mol. The van der Waals surface area contributed by atoms with E-state index in [0.29, 0.717) is 24.3 Å². The molecule has 0 aliphatic carbocycles. The molecule has 0 heterocycles. The van der Waals surface area contributed by atoms with E-state index in [1.165, 1.54) is 17.3 Å². The molecule has 0 spiro atoms. The summed E-state index contributed by atoms with van der Waals surface area (Å²) in [5, 5.41) is 17.7. The monoisotopic (exact) mass is 510 g/mol. The first-order valence-electron chi connectivity index (χ1n) is 12.4. The number of thioether (sulfide) groups is 1. The van der Waals surface area contributed by atoms with Crippen molar-refractivity contribution in [1.82, 2.24) is 10.6 Å². The van der Waals surface area contributed by atoms with Crippen LogP contribution in [0.3, 0.4) is 0 Å². The number of carboxylic acid groups (broad SMARTS) is 1. The molecule has 5 nitrogen and oxygen atoms in total. The molecule has 0 saturated carbocycles. The van der Waals surface area contributed by atoms with E-state index in [4.69, 9.17) is 0 Å². The third-order valence-corrected chi connectivity index (χ3v) is 6.85. The van der Waals surface area contributed by atoms with Crippen molar-refractivity contribution in [3.05, 3.63) is 95.1 Å². The van der Waals surface area contributed by atoms with Gasteiger partial charge in [-0.2, -0.15) is 11.8 Å². The number of benzene rings is 3. The van der Waals surface area contributed by atoms with Crippen LogP contribution in [0.4, 0.5) is 0 Å². The van der Waals surface area contributed by atoms with Crippen LogP contribution >= 0.6 is 11.8 Å². The number of nitrogens with one attached hydrogen (secondary N) is 2. The molecule has 3 rings (SSSR count). The zero-order valence-corrected chi connectivity index (χ0v) is 22.9. The number of unbranched alkanes of at least 4 members (excludes halogenated alkanes) is 1. The number of amides is 1. The molecule has 0 aliphatic rings. The first-order valence-corrected chi connectivity index (χ1v) is 13.8. The van der Waals surface area contributed by atoms with Crippen molar-refractivity contribution >= 4 is 23.6 Å². The van der Waals surface area contributed by atoms with E-state index in [9.17, 15) is 14.7 Å². The minimum atomic E-state index is -1.26. The third kappa shape index (κ3) is 9.72. The van der Waals surface area contributed by atoms with Crippen LogP contribution < -0.4 is 34.6 Å². The van der Waals surface area contributed by atoms with Crippen molar-refractivity contribution in [3.63, 3.8) is 0 Å². The summed E-state index contributed by atoms with van der Waals surface area (Å²) >= 11 is 1.54. The summed E-state index contributed by atoms with van der Waals surface area (Å²) in [6.07, 6.45) is 5.51. The number of carbonyl (C=O) groups is 2. The van der Waals surface area contributed by atoms with E-state index in [1.807, 2.05) is 55.6 Å². The number of rotatable bonds is 14. The van der Waals surface area contributed by atoms with Gasteiger partial charge < -0.3 is 20.5 Å². The maximum atomic E-state index is 13.2. The Balaban J connectivity index is 0.00000481. The van der Waals surface area contributed by atoms with E-state index >= 15 is 0 Å². The summed E-state index contributed by atoms with van der Waals surface area (Å²) < 4.78 is 0. The van der Waals surface area contributed by atoms with E-state index in [0.717, 1.165) is 48.1 Å². The van der Waals surface area contributed by atoms with Gasteiger partial charge in [0.05, 0.1) is 12.0 Å². The molecule has 1 amide bonds. The molecule has 0 fully saturated rings. The van der Waals surface area contributed by atoms with Gasteiger partial charge in [0.1, 0.15) is 0 Å². The second-order valence-corrected chi connectivity index (χ2v) is 9.93. The van der Waals surface area contributed by atoms with Crippen molar-refractivity contribution in [2.24, 2.45) is 0 Å². The van der Waals surface area contributed by atoms with Crippen molar-refractivity contribution in [2.45, 2.75) is 45.2 Å². The molecule has 0 saturated heterocycles. The van der Waals surface area contributed by atoms with Gasteiger partial charge in [0.2, 0.25) is 0 Å². The number of carboxylic acids is 1. The Morgan fingerprint density at radius 1 is 0.919 bits per heavy atom. The van der Waals surface area contributed by atoms with Crippen LogP contribution in [0, 0.1) is 6.92 Å². The summed E-state index contributed by atoms with van der Waals surface area (Å²) in [4.78, 5) is 24.7. The molecule has 0 unspecified atom stereocenters. The van der Waals surface area contributed by atoms with Gasteiger partial charge in [-0.15, -0.1) is 0 Å². The summed E-state index contributed by atoms with van der Waals surface area (Å²) in [5.74, 6) is -1.04. The fraction of sp³-hybridized carbons (Fsp3) is 0.333. The minimum absolute atomic E-state index is 0. The van der Waals surface area contributed by atoms with Gasteiger partial charge in [0.25, 0.3) is 5.91 Å².